The van der Waals surface area contributed by atoms with Crippen molar-refractivity contribution in [3.05, 3.63) is 36.2 Å². The Bertz CT molecular complexity index is 755. The second-order valence-electron chi connectivity index (χ2n) is 4.81. The van der Waals surface area contributed by atoms with Crippen LogP contribution in [-0.2, 0) is 17.1 Å². The summed E-state index contributed by atoms with van der Waals surface area (Å²) >= 11 is 0. The van der Waals surface area contributed by atoms with Gasteiger partial charge in [0.25, 0.3) is 0 Å². The normalized spacial score (nSPS) is 12.9. The number of rotatable bonds is 6. The van der Waals surface area contributed by atoms with Crippen molar-refractivity contribution in [3.63, 3.8) is 0 Å². The lowest BCUT2D eigenvalue weighted by Crippen LogP contribution is -2.26. The molecule has 1 heterocycles. The largest absolute Gasteiger partial charge is 0.493 e. The van der Waals surface area contributed by atoms with Crippen molar-refractivity contribution in [1.82, 2.24) is 14.5 Å². The van der Waals surface area contributed by atoms with E-state index in [4.69, 9.17) is 9.47 Å². The van der Waals surface area contributed by atoms with Gasteiger partial charge in [-0.15, -0.1) is 0 Å². The Labute approximate surface area is 129 Å². The van der Waals surface area contributed by atoms with Crippen LogP contribution >= 0.6 is 0 Å². The average Bonchev–Trinajstić information content (AvgIpc) is 2.92. The molecule has 0 unspecified atom stereocenters. The van der Waals surface area contributed by atoms with Crippen LogP contribution in [0.4, 0.5) is 0 Å². The molecular weight excluding hydrogens is 306 g/mol. The molecule has 7 nitrogen and oxygen atoms in total. The highest BCUT2D eigenvalue weighted by molar-refractivity contribution is 7.89. The summed E-state index contributed by atoms with van der Waals surface area (Å²) in [7, 11) is 1.05. The van der Waals surface area contributed by atoms with E-state index >= 15 is 0 Å². The van der Waals surface area contributed by atoms with Crippen molar-refractivity contribution in [2.24, 2.45) is 7.05 Å². The second-order valence-corrected chi connectivity index (χ2v) is 6.52. The van der Waals surface area contributed by atoms with E-state index in [2.05, 4.69) is 9.82 Å². The van der Waals surface area contributed by atoms with Crippen LogP contribution in [0.1, 0.15) is 18.5 Å². The van der Waals surface area contributed by atoms with Gasteiger partial charge in [-0.2, -0.15) is 5.10 Å². The maximum absolute atomic E-state index is 12.5. The van der Waals surface area contributed by atoms with Crippen molar-refractivity contribution < 1.29 is 17.9 Å². The smallest absolute Gasteiger partial charge is 0.241 e. The number of aryl methyl sites for hydroxylation is 1. The van der Waals surface area contributed by atoms with Gasteiger partial charge < -0.3 is 9.47 Å². The summed E-state index contributed by atoms with van der Waals surface area (Å²) < 4.78 is 39.4. The number of hydrogen-bond donors (Lipinski definition) is 1. The van der Waals surface area contributed by atoms with Crippen molar-refractivity contribution >= 4 is 10.0 Å². The molecule has 0 amide bonds. The van der Waals surface area contributed by atoms with E-state index in [9.17, 15) is 8.42 Å². The fraction of sp³-hybridized carbons (Fsp3) is 0.357. The molecule has 22 heavy (non-hydrogen) atoms. The first-order valence-electron chi connectivity index (χ1n) is 6.60. The minimum atomic E-state index is -3.68. The molecule has 0 spiro atoms. The Morgan fingerprint density at radius 1 is 1.23 bits per heavy atom. The van der Waals surface area contributed by atoms with Gasteiger partial charge in [0.1, 0.15) is 0 Å². The first kappa shape index (κ1) is 16.3. The molecule has 0 radical (unpaired) electrons. The van der Waals surface area contributed by atoms with Crippen molar-refractivity contribution in [1.29, 1.82) is 0 Å². The topological polar surface area (TPSA) is 82.5 Å². The number of methoxy groups -OCH3 is 2. The molecule has 0 aliphatic heterocycles. The predicted molar refractivity (Wildman–Crippen MR) is 81.5 cm³/mol. The van der Waals surface area contributed by atoms with Gasteiger partial charge in [0, 0.05) is 30.9 Å². The summed E-state index contributed by atoms with van der Waals surface area (Å²) in [6.07, 6.45) is 3.39. The van der Waals surface area contributed by atoms with Crippen molar-refractivity contribution in [2.75, 3.05) is 14.2 Å². The van der Waals surface area contributed by atoms with E-state index in [0.29, 0.717) is 11.5 Å². The lowest BCUT2D eigenvalue weighted by Gasteiger charge is -2.14. The summed E-state index contributed by atoms with van der Waals surface area (Å²) in [4.78, 5) is 0.112. The minimum Gasteiger partial charge on any atom is -0.493 e. The highest BCUT2D eigenvalue weighted by atomic mass is 32.2. The van der Waals surface area contributed by atoms with Crippen LogP contribution in [0.3, 0.4) is 0 Å². The zero-order valence-electron chi connectivity index (χ0n) is 12.9. The van der Waals surface area contributed by atoms with E-state index in [-0.39, 0.29) is 4.90 Å². The Morgan fingerprint density at radius 3 is 2.45 bits per heavy atom. The van der Waals surface area contributed by atoms with Crippen LogP contribution in [0.25, 0.3) is 0 Å². The molecule has 1 atom stereocenters. The number of aromatic nitrogens is 2. The van der Waals surface area contributed by atoms with Gasteiger partial charge in [-0.3, -0.25) is 4.68 Å². The van der Waals surface area contributed by atoms with Crippen molar-refractivity contribution in [2.45, 2.75) is 17.9 Å². The summed E-state index contributed by atoms with van der Waals surface area (Å²) in [5.41, 5.74) is 0.784. The molecule has 0 fully saturated rings. The lowest BCUT2D eigenvalue weighted by molar-refractivity contribution is 0.354. The van der Waals surface area contributed by atoms with Crippen LogP contribution < -0.4 is 14.2 Å². The Balaban J connectivity index is 2.26. The standard InChI is InChI=1S/C14H19N3O4S/c1-10(11-8-15-17(2)9-11)16-22(18,19)12-5-6-13(20-3)14(7-12)21-4/h5-10,16H,1-4H3/t10-/m0/s1. The molecular formula is C14H19N3O4S. The van der Waals surface area contributed by atoms with Gasteiger partial charge >= 0.3 is 0 Å². The minimum absolute atomic E-state index is 0.112. The van der Waals surface area contributed by atoms with E-state index in [1.165, 1.54) is 26.4 Å². The van der Waals surface area contributed by atoms with Crippen molar-refractivity contribution in [3.8, 4) is 11.5 Å². The van der Waals surface area contributed by atoms with E-state index in [1.807, 2.05) is 0 Å². The van der Waals surface area contributed by atoms with Gasteiger partial charge in [-0.1, -0.05) is 0 Å². The summed E-state index contributed by atoms with van der Waals surface area (Å²) in [5, 5.41) is 4.04. The van der Waals surface area contributed by atoms with Gasteiger partial charge in [-0.05, 0) is 19.1 Å². The molecule has 0 bridgehead atoms. The first-order valence-corrected chi connectivity index (χ1v) is 8.08. The molecule has 8 heteroatoms. The monoisotopic (exact) mass is 325 g/mol. The molecule has 1 aromatic heterocycles. The zero-order chi connectivity index (χ0) is 16.3. The number of ether oxygens (including phenoxy) is 2. The lowest BCUT2D eigenvalue weighted by atomic mass is 10.2. The Morgan fingerprint density at radius 2 is 1.91 bits per heavy atom. The number of hydrogen-bond acceptors (Lipinski definition) is 5. The van der Waals surface area contributed by atoms with Gasteiger partial charge in [0.2, 0.25) is 10.0 Å². The van der Waals surface area contributed by atoms with Gasteiger partial charge in [0.05, 0.1) is 25.3 Å². The molecule has 2 rings (SSSR count). The maximum atomic E-state index is 12.5. The third-order valence-corrected chi connectivity index (χ3v) is 4.76. The number of benzene rings is 1. The van der Waals surface area contributed by atoms with Crippen LogP contribution in [0.5, 0.6) is 11.5 Å². The van der Waals surface area contributed by atoms with Crippen LogP contribution in [0, 0.1) is 0 Å². The molecule has 120 valence electrons. The quantitative estimate of drug-likeness (QED) is 0.870. The SMILES string of the molecule is COc1ccc(S(=O)(=O)N[C@@H](C)c2cnn(C)c2)cc1OC. The average molecular weight is 325 g/mol. The Kier molecular flexibility index (Phi) is 4.72. The third kappa shape index (κ3) is 3.40. The van der Waals surface area contributed by atoms with Gasteiger partial charge in [0.15, 0.2) is 11.5 Å². The molecule has 1 aromatic carbocycles. The van der Waals surface area contributed by atoms with Crippen LogP contribution in [0.2, 0.25) is 0 Å². The Hall–Kier alpha value is -2.06. The van der Waals surface area contributed by atoms with E-state index < -0.39 is 16.1 Å². The molecule has 0 aliphatic carbocycles. The number of nitrogens with zero attached hydrogens (tertiary/aromatic N) is 2. The van der Waals surface area contributed by atoms with Crippen LogP contribution in [0.15, 0.2) is 35.5 Å². The highest BCUT2D eigenvalue weighted by Gasteiger charge is 2.21. The van der Waals surface area contributed by atoms with Crippen LogP contribution in [-0.4, -0.2) is 32.4 Å². The molecule has 1 N–H and O–H groups in total. The molecule has 0 saturated carbocycles. The number of sulfonamides is 1. The second kappa shape index (κ2) is 6.37. The van der Waals surface area contributed by atoms with E-state index in [0.717, 1.165) is 5.56 Å². The predicted octanol–water partition coefficient (Wildman–Crippen LogP) is 1.48. The third-order valence-electron chi connectivity index (χ3n) is 3.22. The first-order chi connectivity index (χ1) is 10.4. The molecule has 2 aromatic rings. The molecule has 0 aliphatic rings. The fourth-order valence-electron chi connectivity index (χ4n) is 2.02. The summed E-state index contributed by atoms with van der Waals surface area (Å²) in [6.45, 7) is 1.76. The zero-order valence-corrected chi connectivity index (χ0v) is 13.7. The summed E-state index contributed by atoms with van der Waals surface area (Å²) in [5.74, 6) is 0.834. The number of nitrogens with one attached hydrogen (secondary N) is 1. The van der Waals surface area contributed by atoms with Gasteiger partial charge in [-0.25, -0.2) is 13.1 Å². The van der Waals surface area contributed by atoms with E-state index in [1.54, 1.807) is 37.1 Å². The molecule has 0 saturated heterocycles. The maximum Gasteiger partial charge on any atom is 0.241 e. The summed E-state index contributed by atoms with van der Waals surface area (Å²) in [6, 6.07) is 4.06. The highest BCUT2D eigenvalue weighted by Crippen LogP contribution is 2.29. The fourth-order valence-corrected chi connectivity index (χ4v) is 3.26.